The van der Waals surface area contributed by atoms with E-state index in [1.807, 2.05) is 37.3 Å². The molecule has 0 spiro atoms. The molecule has 3 aromatic rings. The summed E-state index contributed by atoms with van der Waals surface area (Å²) in [6.07, 6.45) is 0.737. The molecule has 1 aromatic heterocycles. The van der Waals surface area contributed by atoms with Gasteiger partial charge in [-0.2, -0.15) is 0 Å². The Morgan fingerprint density at radius 3 is 2.38 bits per heavy atom. The van der Waals surface area contributed by atoms with Crippen molar-refractivity contribution in [3.63, 3.8) is 0 Å². The molecule has 0 aliphatic carbocycles. The van der Waals surface area contributed by atoms with E-state index in [0.717, 1.165) is 22.1 Å². The smallest absolute Gasteiger partial charge is 0.233 e. The Kier molecular flexibility index (Phi) is 7.09. The van der Waals surface area contributed by atoms with E-state index in [4.69, 9.17) is 0 Å². The molecule has 0 unspecified atom stereocenters. The molecule has 152 valence electrons. The molecule has 0 aliphatic heterocycles. The van der Waals surface area contributed by atoms with Gasteiger partial charge in [0.25, 0.3) is 0 Å². The van der Waals surface area contributed by atoms with E-state index < -0.39 is 0 Å². The van der Waals surface area contributed by atoms with Gasteiger partial charge in [0.1, 0.15) is 0 Å². The van der Waals surface area contributed by atoms with Crippen molar-refractivity contribution >= 4 is 34.1 Å². The molecule has 1 heterocycles. The molecular formula is C23H27N3OS2. The summed E-state index contributed by atoms with van der Waals surface area (Å²) in [5.41, 5.74) is 3.76. The van der Waals surface area contributed by atoms with Gasteiger partial charge in [0.15, 0.2) is 4.34 Å². The number of amides is 1. The van der Waals surface area contributed by atoms with Gasteiger partial charge in [-0.15, -0.1) is 10.2 Å². The molecule has 3 rings (SSSR count). The van der Waals surface area contributed by atoms with Crippen molar-refractivity contribution in [2.24, 2.45) is 0 Å². The lowest BCUT2D eigenvalue weighted by Gasteiger charge is -2.19. The number of carbonyl (C=O) groups is 1. The molecule has 1 N–H and O–H groups in total. The average Bonchev–Trinajstić information content (AvgIpc) is 3.15. The topological polar surface area (TPSA) is 54.9 Å². The molecule has 0 fully saturated rings. The van der Waals surface area contributed by atoms with Crippen molar-refractivity contribution in [1.29, 1.82) is 0 Å². The summed E-state index contributed by atoms with van der Waals surface area (Å²) in [4.78, 5) is 12.7. The third-order valence-corrected chi connectivity index (χ3v) is 6.79. The van der Waals surface area contributed by atoms with Crippen LogP contribution in [0.3, 0.4) is 0 Å². The second-order valence-corrected chi connectivity index (χ2v) is 10.2. The van der Waals surface area contributed by atoms with Gasteiger partial charge in [-0.05, 0) is 28.5 Å². The van der Waals surface area contributed by atoms with Crippen LogP contribution in [0.1, 0.15) is 56.7 Å². The summed E-state index contributed by atoms with van der Waals surface area (Å²) in [6, 6.07) is 18.6. The number of hydrogen-bond acceptors (Lipinski definition) is 5. The van der Waals surface area contributed by atoms with Crippen LogP contribution in [-0.2, 0) is 16.0 Å². The van der Waals surface area contributed by atoms with Crippen LogP contribution < -0.4 is 5.32 Å². The summed E-state index contributed by atoms with van der Waals surface area (Å²) in [6.45, 7) is 8.67. The summed E-state index contributed by atoms with van der Waals surface area (Å²) in [5, 5.41) is 11.8. The van der Waals surface area contributed by atoms with Crippen LogP contribution in [0.25, 0.3) is 0 Å². The summed E-state index contributed by atoms with van der Waals surface area (Å²) in [7, 11) is 0. The third-order valence-electron chi connectivity index (χ3n) is 4.75. The van der Waals surface area contributed by atoms with Crippen LogP contribution in [0.2, 0.25) is 0 Å². The number of thioether (sulfide) groups is 1. The Morgan fingerprint density at radius 1 is 1.07 bits per heavy atom. The molecule has 0 bridgehead atoms. The zero-order valence-corrected chi connectivity index (χ0v) is 18.9. The predicted octanol–water partition coefficient (Wildman–Crippen LogP) is 6.26. The first-order valence-electron chi connectivity index (χ1n) is 9.78. The molecule has 0 aliphatic rings. The first-order valence-corrected chi connectivity index (χ1v) is 11.6. The highest BCUT2D eigenvalue weighted by Crippen LogP contribution is 2.30. The van der Waals surface area contributed by atoms with Gasteiger partial charge in [0, 0.05) is 5.75 Å². The van der Waals surface area contributed by atoms with Gasteiger partial charge in [-0.25, -0.2) is 0 Å². The van der Waals surface area contributed by atoms with E-state index in [0.29, 0.717) is 5.13 Å². The van der Waals surface area contributed by atoms with E-state index in [2.05, 4.69) is 60.6 Å². The maximum atomic E-state index is 12.7. The van der Waals surface area contributed by atoms with Gasteiger partial charge < -0.3 is 0 Å². The van der Waals surface area contributed by atoms with E-state index >= 15 is 0 Å². The van der Waals surface area contributed by atoms with Gasteiger partial charge in [-0.3, -0.25) is 10.1 Å². The molecule has 2 aromatic carbocycles. The number of rotatable bonds is 7. The maximum absolute atomic E-state index is 12.7. The highest BCUT2D eigenvalue weighted by Gasteiger charge is 2.20. The quantitative estimate of drug-likeness (QED) is 0.358. The fourth-order valence-corrected chi connectivity index (χ4v) is 4.73. The SMILES string of the molecule is CC[C@@H](C(=O)Nc1nnc(SCc2ccc(C(C)(C)C)cc2)s1)c1ccccc1. The Hall–Kier alpha value is -2.18. The Balaban J connectivity index is 1.57. The zero-order chi connectivity index (χ0) is 20.9. The van der Waals surface area contributed by atoms with Crippen molar-refractivity contribution in [3.05, 3.63) is 71.3 Å². The molecule has 4 nitrogen and oxygen atoms in total. The van der Waals surface area contributed by atoms with Crippen molar-refractivity contribution in [2.45, 2.75) is 55.5 Å². The van der Waals surface area contributed by atoms with Crippen molar-refractivity contribution < 1.29 is 4.79 Å². The third kappa shape index (κ3) is 5.90. The Morgan fingerprint density at radius 2 is 1.76 bits per heavy atom. The van der Waals surface area contributed by atoms with Gasteiger partial charge in [-0.1, -0.05) is 105 Å². The zero-order valence-electron chi connectivity index (χ0n) is 17.3. The minimum Gasteiger partial charge on any atom is -0.300 e. The second-order valence-electron chi connectivity index (χ2n) is 7.97. The molecule has 0 saturated heterocycles. The van der Waals surface area contributed by atoms with Gasteiger partial charge in [0.2, 0.25) is 11.0 Å². The molecule has 6 heteroatoms. The van der Waals surface area contributed by atoms with Crippen molar-refractivity contribution in [1.82, 2.24) is 10.2 Å². The van der Waals surface area contributed by atoms with Crippen LogP contribution in [0.15, 0.2) is 58.9 Å². The number of anilines is 1. The largest absolute Gasteiger partial charge is 0.300 e. The van der Waals surface area contributed by atoms with Crippen LogP contribution >= 0.6 is 23.1 Å². The minimum atomic E-state index is -0.183. The van der Waals surface area contributed by atoms with Crippen LogP contribution in [0, 0.1) is 0 Å². The van der Waals surface area contributed by atoms with Crippen molar-refractivity contribution in [2.75, 3.05) is 5.32 Å². The predicted molar refractivity (Wildman–Crippen MR) is 123 cm³/mol. The standard InChI is InChI=1S/C23H27N3OS2/c1-5-19(17-9-7-6-8-10-17)20(27)24-21-25-26-22(29-21)28-15-16-11-13-18(14-12-16)23(2,3)4/h6-14,19H,5,15H2,1-4H3,(H,24,25,27)/t19-/m1/s1. The van der Waals surface area contributed by atoms with Crippen LogP contribution in [-0.4, -0.2) is 16.1 Å². The number of carbonyl (C=O) groups excluding carboxylic acids is 1. The normalized spacial score (nSPS) is 12.6. The highest BCUT2D eigenvalue weighted by atomic mass is 32.2. The molecular weight excluding hydrogens is 398 g/mol. The van der Waals surface area contributed by atoms with E-state index in [-0.39, 0.29) is 17.2 Å². The first kappa shape index (κ1) is 21.5. The lowest BCUT2D eigenvalue weighted by Crippen LogP contribution is -2.20. The fraction of sp³-hybridized carbons (Fsp3) is 0.348. The van der Waals surface area contributed by atoms with Crippen molar-refractivity contribution in [3.8, 4) is 0 Å². The maximum Gasteiger partial charge on any atom is 0.233 e. The Labute approximate surface area is 181 Å². The monoisotopic (exact) mass is 425 g/mol. The van der Waals surface area contributed by atoms with Crippen LogP contribution in [0.5, 0.6) is 0 Å². The lowest BCUT2D eigenvalue weighted by atomic mass is 9.87. The molecule has 1 atom stereocenters. The summed E-state index contributed by atoms with van der Waals surface area (Å²) >= 11 is 3.06. The fourth-order valence-electron chi connectivity index (χ4n) is 3.01. The molecule has 0 saturated carbocycles. The van der Waals surface area contributed by atoms with Crippen LogP contribution in [0.4, 0.5) is 5.13 Å². The number of nitrogens with zero attached hydrogens (tertiary/aromatic N) is 2. The van der Waals surface area contributed by atoms with Gasteiger partial charge in [0.05, 0.1) is 5.92 Å². The number of hydrogen-bond donors (Lipinski definition) is 1. The van der Waals surface area contributed by atoms with E-state index in [1.165, 1.54) is 22.5 Å². The van der Waals surface area contributed by atoms with E-state index in [9.17, 15) is 4.79 Å². The molecule has 29 heavy (non-hydrogen) atoms. The second kappa shape index (κ2) is 9.55. The first-order chi connectivity index (χ1) is 13.9. The average molecular weight is 426 g/mol. The van der Waals surface area contributed by atoms with Gasteiger partial charge >= 0.3 is 0 Å². The summed E-state index contributed by atoms with van der Waals surface area (Å²) in [5.74, 6) is 0.607. The highest BCUT2D eigenvalue weighted by molar-refractivity contribution is 8.00. The number of aromatic nitrogens is 2. The molecule has 1 amide bonds. The summed E-state index contributed by atoms with van der Waals surface area (Å²) < 4.78 is 0.855. The minimum absolute atomic E-state index is 0.0378. The number of nitrogens with one attached hydrogen (secondary N) is 1. The Bertz CT molecular complexity index is 931. The molecule has 0 radical (unpaired) electrons. The van der Waals surface area contributed by atoms with E-state index in [1.54, 1.807) is 11.8 Å². The lowest BCUT2D eigenvalue weighted by molar-refractivity contribution is -0.117. The number of benzene rings is 2.